The number of para-hydroxylation sites is 2. The lowest BCUT2D eigenvalue weighted by atomic mass is 10.0. The number of imidazole rings is 2. The van der Waals surface area contributed by atoms with Crippen molar-refractivity contribution >= 4 is 28.6 Å². The van der Waals surface area contributed by atoms with E-state index in [1.807, 2.05) is 24.6 Å². The molecule has 1 aromatic carbocycles. The Morgan fingerprint density at radius 3 is 2.55 bits per heavy atom. The molecular formula is C23H34ClN7. The second-order valence-electron chi connectivity index (χ2n) is 9.11. The third-order valence-electron chi connectivity index (χ3n) is 6.57. The van der Waals surface area contributed by atoms with E-state index in [1.54, 1.807) is 0 Å². The van der Waals surface area contributed by atoms with E-state index in [4.69, 9.17) is 22.3 Å². The number of likely N-dealkylation sites (tertiary alicyclic amines) is 1. The van der Waals surface area contributed by atoms with Gasteiger partial charge in [-0.15, -0.1) is 0 Å². The molecule has 7 nitrogen and oxygen atoms in total. The lowest BCUT2D eigenvalue weighted by Gasteiger charge is -2.34. The zero-order valence-electron chi connectivity index (χ0n) is 19.0. The minimum atomic E-state index is 0.239. The highest BCUT2D eigenvalue weighted by Crippen LogP contribution is 2.25. The molecule has 0 aliphatic carbocycles. The fourth-order valence-electron chi connectivity index (χ4n) is 4.30. The SMILES string of the molecule is Cc1nc(Cl)n(C)c1Cn1c(NC2CCN(CC(N)C(C)C)CC2)nc2ccccc21. The number of rotatable bonds is 7. The van der Waals surface area contributed by atoms with Gasteiger partial charge in [-0.3, -0.25) is 0 Å². The van der Waals surface area contributed by atoms with Gasteiger partial charge in [0.2, 0.25) is 11.2 Å². The average molecular weight is 444 g/mol. The van der Waals surface area contributed by atoms with Crippen LogP contribution < -0.4 is 11.1 Å². The molecule has 1 aliphatic rings. The summed E-state index contributed by atoms with van der Waals surface area (Å²) < 4.78 is 4.20. The van der Waals surface area contributed by atoms with Crippen molar-refractivity contribution in [1.29, 1.82) is 0 Å². The summed E-state index contributed by atoms with van der Waals surface area (Å²) in [7, 11) is 1.96. The lowest BCUT2D eigenvalue weighted by Crippen LogP contribution is -2.46. The number of fused-ring (bicyclic) bond motifs is 1. The number of anilines is 1. The van der Waals surface area contributed by atoms with Gasteiger partial charge in [0.1, 0.15) is 0 Å². The molecule has 4 rings (SSSR count). The van der Waals surface area contributed by atoms with Crippen LogP contribution in [-0.2, 0) is 13.6 Å². The smallest absolute Gasteiger partial charge is 0.204 e. The molecule has 0 bridgehead atoms. The quantitative estimate of drug-likeness (QED) is 0.583. The van der Waals surface area contributed by atoms with Crippen molar-refractivity contribution in [3.63, 3.8) is 0 Å². The van der Waals surface area contributed by atoms with Crippen LogP contribution in [-0.4, -0.2) is 55.7 Å². The van der Waals surface area contributed by atoms with Crippen LogP contribution in [0.25, 0.3) is 11.0 Å². The van der Waals surface area contributed by atoms with Crippen molar-refractivity contribution < 1.29 is 0 Å². The molecule has 3 aromatic rings. The Balaban J connectivity index is 1.51. The first kappa shape index (κ1) is 22.1. The largest absolute Gasteiger partial charge is 0.353 e. The first-order valence-corrected chi connectivity index (χ1v) is 11.6. The molecule has 8 heteroatoms. The highest BCUT2D eigenvalue weighted by molar-refractivity contribution is 6.28. The van der Waals surface area contributed by atoms with E-state index in [9.17, 15) is 0 Å². The Morgan fingerprint density at radius 2 is 1.90 bits per heavy atom. The van der Waals surface area contributed by atoms with E-state index < -0.39 is 0 Å². The van der Waals surface area contributed by atoms with E-state index >= 15 is 0 Å². The number of halogens is 1. The number of nitrogens with two attached hydrogens (primary N) is 1. The van der Waals surface area contributed by atoms with E-state index in [-0.39, 0.29) is 6.04 Å². The molecular weight excluding hydrogens is 410 g/mol. The Hall–Kier alpha value is -2.09. The van der Waals surface area contributed by atoms with Gasteiger partial charge < -0.3 is 25.1 Å². The molecule has 0 radical (unpaired) electrons. The monoisotopic (exact) mass is 443 g/mol. The normalized spacial score (nSPS) is 17.0. The summed E-state index contributed by atoms with van der Waals surface area (Å²) in [5.74, 6) is 1.43. The second-order valence-corrected chi connectivity index (χ2v) is 9.45. The molecule has 2 aromatic heterocycles. The zero-order valence-corrected chi connectivity index (χ0v) is 19.7. The van der Waals surface area contributed by atoms with E-state index in [1.165, 1.54) is 0 Å². The molecule has 31 heavy (non-hydrogen) atoms. The Labute approximate surface area is 189 Å². The van der Waals surface area contributed by atoms with Crippen LogP contribution in [0.15, 0.2) is 24.3 Å². The summed E-state index contributed by atoms with van der Waals surface area (Å²) in [6.45, 7) is 10.2. The third-order valence-corrected chi connectivity index (χ3v) is 6.91. The van der Waals surface area contributed by atoms with E-state index in [0.29, 0.717) is 23.8 Å². The maximum atomic E-state index is 6.28. The lowest BCUT2D eigenvalue weighted by molar-refractivity contribution is 0.194. The maximum absolute atomic E-state index is 6.28. The predicted molar refractivity (Wildman–Crippen MR) is 128 cm³/mol. The number of nitrogens with zero attached hydrogens (tertiary/aromatic N) is 5. The van der Waals surface area contributed by atoms with Gasteiger partial charge in [-0.05, 0) is 49.4 Å². The van der Waals surface area contributed by atoms with E-state index in [2.05, 4.69) is 51.8 Å². The molecule has 0 amide bonds. The van der Waals surface area contributed by atoms with Crippen molar-refractivity contribution in [3.8, 4) is 0 Å². The molecule has 3 N–H and O–H groups in total. The number of aryl methyl sites for hydroxylation is 1. The summed E-state index contributed by atoms with van der Waals surface area (Å²) >= 11 is 6.26. The van der Waals surface area contributed by atoms with Gasteiger partial charge in [0, 0.05) is 38.8 Å². The molecule has 1 aliphatic heterocycles. The van der Waals surface area contributed by atoms with Crippen molar-refractivity contribution in [2.45, 2.75) is 52.2 Å². The average Bonchev–Trinajstić information content (AvgIpc) is 3.20. The van der Waals surface area contributed by atoms with E-state index in [0.717, 1.165) is 60.8 Å². The molecule has 0 spiro atoms. The van der Waals surface area contributed by atoms with Gasteiger partial charge in [0.25, 0.3) is 0 Å². The van der Waals surface area contributed by atoms with Crippen LogP contribution in [0.3, 0.4) is 0 Å². The summed E-state index contributed by atoms with van der Waals surface area (Å²) in [5, 5.41) is 4.25. The minimum Gasteiger partial charge on any atom is -0.353 e. The molecule has 1 atom stereocenters. The summed E-state index contributed by atoms with van der Waals surface area (Å²) in [6.07, 6.45) is 2.18. The van der Waals surface area contributed by atoms with Gasteiger partial charge in [-0.2, -0.15) is 0 Å². The fourth-order valence-corrected chi connectivity index (χ4v) is 4.53. The van der Waals surface area contributed by atoms with Gasteiger partial charge in [0.05, 0.1) is 29.0 Å². The minimum absolute atomic E-state index is 0.239. The van der Waals surface area contributed by atoms with Crippen molar-refractivity contribution in [2.75, 3.05) is 25.0 Å². The first-order valence-electron chi connectivity index (χ1n) is 11.2. The molecule has 3 heterocycles. The second kappa shape index (κ2) is 9.18. The number of benzene rings is 1. The number of nitrogens with one attached hydrogen (secondary N) is 1. The van der Waals surface area contributed by atoms with Crippen LogP contribution in [0.1, 0.15) is 38.1 Å². The van der Waals surface area contributed by atoms with Crippen LogP contribution in [0.4, 0.5) is 5.95 Å². The number of piperidine rings is 1. The van der Waals surface area contributed by atoms with Crippen molar-refractivity contribution in [1.82, 2.24) is 24.0 Å². The Morgan fingerprint density at radius 1 is 1.19 bits per heavy atom. The van der Waals surface area contributed by atoms with Crippen LogP contribution in [0, 0.1) is 12.8 Å². The predicted octanol–water partition coefficient (Wildman–Crippen LogP) is 3.64. The van der Waals surface area contributed by atoms with Crippen LogP contribution >= 0.6 is 11.6 Å². The highest BCUT2D eigenvalue weighted by atomic mass is 35.5. The molecule has 1 fully saturated rings. The first-order chi connectivity index (χ1) is 14.8. The number of aromatic nitrogens is 4. The standard InChI is InChI=1S/C23H34ClN7/c1-15(2)18(25)13-30-11-9-17(10-12-30)27-23-28-19-7-5-6-8-20(19)31(23)14-21-16(3)26-22(24)29(21)4/h5-8,15,17-18H,9-14,25H2,1-4H3,(H,27,28). The molecule has 168 valence electrons. The number of hydrogen-bond donors (Lipinski definition) is 2. The van der Waals surface area contributed by atoms with Gasteiger partial charge in [-0.25, -0.2) is 9.97 Å². The molecule has 1 unspecified atom stereocenters. The summed E-state index contributed by atoms with van der Waals surface area (Å²) in [6, 6.07) is 8.92. The zero-order chi connectivity index (χ0) is 22.1. The van der Waals surface area contributed by atoms with Crippen molar-refractivity contribution in [3.05, 3.63) is 40.9 Å². The highest BCUT2D eigenvalue weighted by Gasteiger charge is 2.24. The van der Waals surface area contributed by atoms with Crippen LogP contribution in [0.5, 0.6) is 0 Å². The summed E-state index contributed by atoms with van der Waals surface area (Å²) in [4.78, 5) is 11.8. The van der Waals surface area contributed by atoms with Crippen molar-refractivity contribution in [2.24, 2.45) is 18.7 Å². The Kier molecular flexibility index (Phi) is 6.55. The molecule has 0 saturated carbocycles. The van der Waals surface area contributed by atoms with Gasteiger partial charge in [0.15, 0.2) is 0 Å². The maximum Gasteiger partial charge on any atom is 0.204 e. The fraction of sp³-hybridized carbons (Fsp3) is 0.565. The van der Waals surface area contributed by atoms with Gasteiger partial charge >= 0.3 is 0 Å². The number of hydrogen-bond acceptors (Lipinski definition) is 5. The third kappa shape index (κ3) is 4.73. The Bertz CT molecular complexity index is 1030. The van der Waals surface area contributed by atoms with Crippen LogP contribution in [0.2, 0.25) is 5.28 Å². The topological polar surface area (TPSA) is 76.9 Å². The molecule has 1 saturated heterocycles. The van der Waals surface area contributed by atoms with Gasteiger partial charge in [-0.1, -0.05) is 26.0 Å². The summed E-state index contributed by atoms with van der Waals surface area (Å²) in [5.41, 5.74) is 10.4.